The van der Waals surface area contributed by atoms with E-state index >= 15 is 0 Å². The molecule has 1 N–H and O–H groups in total. The zero-order valence-corrected chi connectivity index (χ0v) is 13.5. The first kappa shape index (κ1) is 15.1. The number of rotatable bonds is 3. The Balaban J connectivity index is 1.60. The summed E-state index contributed by atoms with van der Waals surface area (Å²) in [4.78, 5) is 16.6. The van der Waals surface area contributed by atoms with Crippen molar-refractivity contribution in [2.45, 2.75) is 0 Å². The summed E-state index contributed by atoms with van der Waals surface area (Å²) in [7, 11) is 0. The maximum atomic E-state index is 12.2. The molecule has 0 fully saturated rings. The van der Waals surface area contributed by atoms with Crippen molar-refractivity contribution in [2.75, 3.05) is 0 Å². The molecule has 0 saturated carbocycles. The van der Waals surface area contributed by atoms with Crippen molar-refractivity contribution >= 4 is 17.8 Å². The summed E-state index contributed by atoms with van der Waals surface area (Å²) in [6.07, 6.45) is 1.81. The molecule has 0 radical (unpaired) electrons. The Labute approximate surface area is 146 Å². The quantitative estimate of drug-likeness (QED) is 0.718. The van der Waals surface area contributed by atoms with Gasteiger partial charge in [0.25, 0.3) is 5.91 Å². The SMILES string of the molecule is O=C1NC(c2ccccc2)=N/C1=C/c1ccc(-c2ccccc2)cc1. The fraction of sp³-hybridized carbons (Fsp3) is 0. The second-order valence-electron chi connectivity index (χ2n) is 5.80. The van der Waals surface area contributed by atoms with Crippen molar-refractivity contribution in [1.29, 1.82) is 0 Å². The van der Waals surface area contributed by atoms with E-state index in [0.717, 1.165) is 16.7 Å². The number of amidine groups is 1. The van der Waals surface area contributed by atoms with Crippen LogP contribution in [0.1, 0.15) is 11.1 Å². The lowest BCUT2D eigenvalue weighted by atomic mass is 10.0. The number of amides is 1. The topological polar surface area (TPSA) is 41.5 Å². The fourth-order valence-corrected chi connectivity index (χ4v) is 2.76. The van der Waals surface area contributed by atoms with Gasteiger partial charge < -0.3 is 5.32 Å². The second kappa shape index (κ2) is 6.57. The molecule has 4 rings (SSSR count). The van der Waals surface area contributed by atoms with Crippen molar-refractivity contribution < 1.29 is 4.79 Å². The van der Waals surface area contributed by atoms with Gasteiger partial charge in [0.1, 0.15) is 11.5 Å². The lowest BCUT2D eigenvalue weighted by Crippen LogP contribution is -2.24. The first-order valence-corrected chi connectivity index (χ1v) is 8.12. The van der Waals surface area contributed by atoms with E-state index in [-0.39, 0.29) is 5.91 Å². The number of carbonyl (C=O) groups is 1. The van der Waals surface area contributed by atoms with Gasteiger partial charge in [0.2, 0.25) is 0 Å². The van der Waals surface area contributed by atoms with Crippen molar-refractivity contribution in [2.24, 2.45) is 4.99 Å². The first-order chi connectivity index (χ1) is 12.3. The van der Waals surface area contributed by atoms with Crippen LogP contribution < -0.4 is 5.32 Å². The molecule has 0 aliphatic carbocycles. The van der Waals surface area contributed by atoms with Gasteiger partial charge in [-0.1, -0.05) is 84.9 Å². The molecule has 0 bridgehead atoms. The van der Waals surface area contributed by atoms with Crippen LogP contribution in [-0.4, -0.2) is 11.7 Å². The minimum absolute atomic E-state index is 0.175. The zero-order chi connectivity index (χ0) is 17.1. The molecule has 25 heavy (non-hydrogen) atoms. The Hall–Kier alpha value is -3.46. The Morgan fingerprint density at radius 3 is 1.88 bits per heavy atom. The molecule has 1 aliphatic rings. The molecule has 3 aromatic carbocycles. The first-order valence-electron chi connectivity index (χ1n) is 8.12. The Bertz CT molecular complexity index is 956. The molecular formula is C22H16N2O. The summed E-state index contributed by atoms with van der Waals surface area (Å²) in [5.74, 6) is 0.420. The highest BCUT2D eigenvalue weighted by molar-refractivity contribution is 6.19. The third-order valence-electron chi connectivity index (χ3n) is 4.07. The summed E-state index contributed by atoms with van der Waals surface area (Å²) < 4.78 is 0. The number of aliphatic imine (C=N–C) groups is 1. The van der Waals surface area contributed by atoms with Crippen LogP contribution in [0.3, 0.4) is 0 Å². The zero-order valence-electron chi connectivity index (χ0n) is 13.5. The predicted molar refractivity (Wildman–Crippen MR) is 101 cm³/mol. The van der Waals surface area contributed by atoms with E-state index in [2.05, 4.69) is 34.6 Å². The summed E-state index contributed by atoms with van der Waals surface area (Å²) in [5, 5.41) is 2.82. The van der Waals surface area contributed by atoms with Gasteiger partial charge in [-0.05, 0) is 22.8 Å². The normalized spacial score (nSPS) is 15.1. The van der Waals surface area contributed by atoms with Crippen LogP contribution in [-0.2, 0) is 4.79 Å². The van der Waals surface area contributed by atoms with E-state index < -0.39 is 0 Å². The molecule has 120 valence electrons. The van der Waals surface area contributed by atoms with Crippen LogP contribution in [0.4, 0.5) is 0 Å². The molecule has 0 atom stereocenters. The highest BCUT2D eigenvalue weighted by atomic mass is 16.2. The summed E-state index contributed by atoms with van der Waals surface area (Å²) >= 11 is 0. The fourth-order valence-electron chi connectivity index (χ4n) is 2.76. The summed E-state index contributed by atoms with van der Waals surface area (Å²) in [5.41, 5.74) is 4.59. The van der Waals surface area contributed by atoms with E-state index in [0.29, 0.717) is 11.5 Å². The minimum atomic E-state index is -0.175. The lowest BCUT2D eigenvalue weighted by Gasteiger charge is -2.02. The van der Waals surface area contributed by atoms with Crippen LogP contribution >= 0.6 is 0 Å². The standard InChI is InChI=1S/C22H16N2O/c25-22-20(23-21(24-22)19-9-5-2-6-10-19)15-16-11-13-18(14-12-16)17-7-3-1-4-8-17/h1-15H,(H,23,24,25)/b20-15+. The molecule has 1 amide bonds. The van der Waals surface area contributed by atoms with Gasteiger partial charge in [-0.25, -0.2) is 4.99 Å². The van der Waals surface area contributed by atoms with Gasteiger partial charge in [0.05, 0.1) is 0 Å². The third kappa shape index (κ3) is 3.26. The minimum Gasteiger partial charge on any atom is -0.305 e. The average Bonchev–Trinajstić information content (AvgIpc) is 3.04. The molecule has 3 heteroatoms. The second-order valence-corrected chi connectivity index (χ2v) is 5.80. The highest BCUT2D eigenvalue weighted by Crippen LogP contribution is 2.21. The van der Waals surface area contributed by atoms with E-state index in [4.69, 9.17) is 0 Å². The van der Waals surface area contributed by atoms with E-state index in [1.165, 1.54) is 5.56 Å². The maximum Gasteiger partial charge on any atom is 0.275 e. The molecule has 0 unspecified atom stereocenters. The maximum absolute atomic E-state index is 12.2. The van der Waals surface area contributed by atoms with Gasteiger partial charge in [-0.3, -0.25) is 4.79 Å². The van der Waals surface area contributed by atoms with Crippen LogP contribution in [0.5, 0.6) is 0 Å². The number of nitrogens with zero attached hydrogens (tertiary/aromatic N) is 1. The molecule has 1 aliphatic heterocycles. The van der Waals surface area contributed by atoms with Crippen LogP contribution in [0.25, 0.3) is 17.2 Å². The van der Waals surface area contributed by atoms with Crippen LogP contribution in [0.2, 0.25) is 0 Å². The average molecular weight is 324 g/mol. The molecule has 3 aromatic rings. The largest absolute Gasteiger partial charge is 0.305 e. The van der Waals surface area contributed by atoms with Crippen LogP contribution in [0, 0.1) is 0 Å². The van der Waals surface area contributed by atoms with Crippen molar-refractivity contribution in [3.8, 4) is 11.1 Å². The Kier molecular flexibility index (Phi) is 3.97. The number of nitrogens with one attached hydrogen (secondary N) is 1. The van der Waals surface area contributed by atoms with E-state index in [1.54, 1.807) is 6.08 Å². The monoisotopic (exact) mass is 324 g/mol. The van der Waals surface area contributed by atoms with E-state index in [1.807, 2.05) is 60.7 Å². The van der Waals surface area contributed by atoms with E-state index in [9.17, 15) is 4.79 Å². The van der Waals surface area contributed by atoms with Crippen molar-refractivity contribution in [3.05, 3.63) is 102 Å². The number of hydrogen-bond acceptors (Lipinski definition) is 2. The van der Waals surface area contributed by atoms with Crippen molar-refractivity contribution in [3.63, 3.8) is 0 Å². The van der Waals surface area contributed by atoms with Gasteiger partial charge in [0.15, 0.2) is 0 Å². The van der Waals surface area contributed by atoms with Gasteiger partial charge >= 0.3 is 0 Å². The lowest BCUT2D eigenvalue weighted by molar-refractivity contribution is -0.115. The third-order valence-corrected chi connectivity index (χ3v) is 4.07. The number of carbonyl (C=O) groups excluding carboxylic acids is 1. The van der Waals surface area contributed by atoms with Gasteiger partial charge in [-0.2, -0.15) is 0 Å². The van der Waals surface area contributed by atoms with Gasteiger partial charge in [0, 0.05) is 5.56 Å². The Morgan fingerprint density at radius 2 is 1.24 bits per heavy atom. The highest BCUT2D eigenvalue weighted by Gasteiger charge is 2.20. The molecule has 1 heterocycles. The number of benzene rings is 3. The Morgan fingerprint density at radius 1 is 0.680 bits per heavy atom. The molecule has 0 spiro atoms. The smallest absolute Gasteiger partial charge is 0.275 e. The molecule has 0 saturated heterocycles. The van der Waals surface area contributed by atoms with Gasteiger partial charge in [-0.15, -0.1) is 0 Å². The summed E-state index contributed by atoms with van der Waals surface area (Å²) in [6.45, 7) is 0. The van der Waals surface area contributed by atoms with Crippen molar-refractivity contribution in [1.82, 2.24) is 5.32 Å². The summed E-state index contributed by atoms with van der Waals surface area (Å²) in [6, 6.07) is 27.9. The molecule has 0 aromatic heterocycles. The predicted octanol–water partition coefficient (Wildman–Crippen LogP) is 4.27. The molecule has 3 nitrogen and oxygen atoms in total. The van der Waals surface area contributed by atoms with Crippen LogP contribution in [0.15, 0.2) is 95.6 Å². The number of hydrogen-bond donors (Lipinski definition) is 1. The molecular weight excluding hydrogens is 308 g/mol.